The van der Waals surface area contributed by atoms with E-state index >= 15 is 0 Å². The van der Waals surface area contributed by atoms with Crippen LogP contribution in [0.2, 0.25) is 0 Å². The second-order valence-electron chi connectivity index (χ2n) is 9.40. The van der Waals surface area contributed by atoms with Crippen molar-refractivity contribution in [3.63, 3.8) is 0 Å². The van der Waals surface area contributed by atoms with Gasteiger partial charge in [-0.1, -0.05) is 19.3 Å². The van der Waals surface area contributed by atoms with E-state index in [1.165, 1.54) is 12.5 Å². The molecule has 8 nitrogen and oxygen atoms in total. The molecular weight excluding hydrogens is 449 g/mol. The zero-order chi connectivity index (χ0) is 24.5. The first kappa shape index (κ1) is 23.0. The van der Waals surface area contributed by atoms with Crippen LogP contribution in [0.1, 0.15) is 65.8 Å². The molecule has 0 unspecified atom stereocenters. The van der Waals surface area contributed by atoms with E-state index in [0.717, 1.165) is 50.8 Å². The van der Waals surface area contributed by atoms with E-state index in [4.69, 9.17) is 0 Å². The highest BCUT2D eigenvalue weighted by Gasteiger charge is 2.29. The quantitative estimate of drug-likeness (QED) is 0.489. The summed E-state index contributed by atoms with van der Waals surface area (Å²) in [6.45, 7) is 0. The summed E-state index contributed by atoms with van der Waals surface area (Å²) in [7, 11) is 1.77. The zero-order valence-electron chi connectivity index (χ0n) is 19.6. The maximum Gasteiger partial charge on any atom is 0.275 e. The number of rotatable bonds is 6. The molecule has 9 heteroatoms. The number of nitrogens with one attached hydrogen (secondary N) is 3. The van der Waals surface area contributed by atoms with Gasteiger partial charge >= 0.3 is 0 Å². The molecule has 0 saturated heterocycles. The average Bonchev–Trinajstić information content (AvgIpc) is 3.61. The van der Waals surface area contributed by atoms with Crippen molar-refractivity contribution in [3.8, 4) is 0 Å². The van der Waals surface area contributed by atoms with Gasteiger partial charge in [0.05, 0.1) is 11.8 Å². The Hall–Kier alpha value is -3.75. The SMILES string of the molecule is CN(C(=O)C1CCCCC1)c1ccc2c(C(=O)NC3CC3)c(NC(=O)c3ccc(F)cn3)[nH]c2c1. The lowest BCUT2D eigenvalue weighted by atomic mass is 9.88. The lowest BCUT2D eigenvalue weighted by Gasteiger charge is -2.26. The second-order valence-corrected chi connectivity index (χ2v) is 9.40. The summed E-state index contributed by atoms with van der Waals surface area (Å²) in [5.74, 6) is -1.05. The molecular formula is C26H28FN5O3. The van der Waals surface area contributed by atoms with E-state index in [1.54, 1.807) is 18.0 Å². The number of fused-ring (bicyclic) bond motifs is 1. The molecule has 2 saturated carbocycles. The molecule has 2 heterocycles. The van der Waals surface area contributed by atoms with E-state index in [2.05, 4.69) is 20.6 Å². The van der Waals surface area contributed by atoms with E-state index in [0.29, 0.717) is 22.2 Å². The van der Waals surface area contributed by atoms with Gasteiger partial charge in [0.25, 0.3) is 11.8 Å². The van der Waals surface area contributed by atoms with Crippen LogP contribution in [0.5, 0.6) is 0 Å². The molecule has 0 spiro atoms. The van der Waals surface area contributed by atoms with E-state index in [-0.39, 0.29) is 35.3 Å². The molecule has 1 aromatic carbocycles. The molecule has 2 aromatic heterocycles. The Bertz CT molecular complexity index is 1280. The van der Waals surface area contributed by atoms with Crippen LogP contribution in [-0.4, -0.2) is 40.8 Å². The van der Waals surface area contributed by atoms with Gasteiger partial charge in [-0.25, -0.2) is 9.37 Å². The van der Waals surface area contributed by atoms with Crippen LogP contribution in [0.15, 0.2) is 36.5 Å². The number of carbonyl (C=O) groups excluding carboxylic acids is 3. The van der Waals surface area contributed by atoms with Gasteiger partial charge in [-0.15, -0.1) is 0 Å². The molecule has 35 heavy (non-hydrogen) atoms. The number of hydrogen-bond donors (Lipinski definition) is 3. The Morgan fingerprint density at radius 2 is 1.80 bits per heavy atom. The Morgan fingerprint density at radius 3 is 2.49 bits per heavy atom. The third-order valence-corrected chi connectivity index (χ3v) is 6.79. The molecule has 0 atom stereocenters. The lowest BCUT2D eigenvalue weighted by Crippen LogP contribution is -2.33. The van der Waals surface area contributed by atoms with Gasteiger partial charge < -0.3 is 20.5 Å². The number of hydrogen-bond acceptors (Lipinski definition) is 4. The molecule has 2 aliphatic rings. The Balaban J connectivity index is 1.46. The minimum Gasteiger partial charge on any atom is -0.349 e. The fraction of sp³-hybridized carbons (Fsp3) is 0.385. The van der Waals surface area contributed by atoms with Crippen LogP contribution in [-0.2, 0) is 4.79 Å². The molecule has 5 rings (SSSR count). The molecule has 0 bridgehead atoms. The summed E-state index contributed by atoms with van der Waals surface area (Å²) in [5.41, 5.74) is 1.67. The summed E-state index contributed by atoms with van der Waals surface area (Å²) in [6, 6.07) is 7.99. The third-order valence-electron chi connectivity index (χ3n) is 6.79. The normalized spacial score (nSPS) is 16.2. The number of benzene rings is 1. The van der Waals surface area contributed by atoms with Gasteiger partial charge in [-0.2, -0.15) is 0 Å². The molecule has 182 valence electrons. The van der Waals surface area contributed by atoms with Gasteiger partial charge in [-0.3, -0.25) is 14.4 Å². The summed E-state index contributed by atoms with van der Waals surface area (Å²) in [6.07, 6.45) is 7.96. The molecule has 2 aliphatic carbocycles. The zero-order valence-corrected chi connectivity index (χ0v) is 19.6. The van der Waals surface area contributed by atoms with E-state index in [9.17, 15) is 18.8 Å². The Morgan fingerprint density at radius 1 is 1.03 bits per heavy atom. The van der Waals surface area contributed by atoms with Crippen molar-refractivity contribution < 1.29 is 18.8 Å². The number of halogens is 1. The van der Waals surface area contributed by atoms with Crippen molar-refractivity contribution in [2.45, 2.75) is 51.0 Å². The summed E-state index contributed by atoms with van der Waals surface area (Å²) in [4.78, 5) is 47.5. The molecule has 3 N–H and O–H groups in total. The van der Waals surface area contributed by atoms with Gasteiger partial charge in [0.1, 0.15) is 17.3 Å². The molecule has 3 amide bonds. The molecule has 2 fully saturated rings. The number of pyridine rings is 1. The van der Waals surface area contributed by atoms with E-state index < -0.39 is 11.7 Å². The maximum atomic E-state index is 13.2. The summed E-state index contributed by atoms with van der Waals surface area (Å²) in [5, 5.41) is 6.31. The predicted octanol–water partition coefficient (Wildman–Crippen LogP) is 4.39. The highest BCUT2D eigenvalue weighted by atomic mass is 19.1. The monoisotopic (exact) mass is 477 g/mol. The number of aromatic nitrogens is 2. The van der Waals surface area contributed by atoms with Crippen LogP contribution >= 0.6 is 0 Å². The van der Waals surface area contributed by atoms with Crippen LogP contribution in [0.4, 0.5) is 15.9 Å². The minimum atomic E-state index is -0.568. The topological polar surface area (TPSA) is 107 Å². The van der Waals surface area contributed by atoms with Gasteiger partial charge in [0, 0.05) is 35.6 Å². The average molecular weight is 478 g/mol. The van der Waals surface area contributed by atoms with Crippen molar-refractivity contribution in [2.24, 2.45) is 5.92 Å². The number of amides is 3. The van der Waals surface area contributed by atoms with Crippen molar-refractivity contribution in [3.05, 3.63) is 53.6 Å². The Labute approximate surface area is 202 Å². The number of nitrogens with zero attached hydrogens (tertiary/aromatic N) is 2. The third kappa shape index (κ3) is 4.89. The highest BCUT2D eigenvalue weighted by Crippen LogP contribution is 2.32. The molecule has 0 radical (unpaired) electrons. The minimum absolute atomic E-state index is 0.0251. The molecule has 3 aromatic rings. The first-order chi connectivity index (χ1) is 16.9. The van der Waals surface area contributed by atoms with Crippen molar-refractivity contribution in [1.29, 1.82) is 0 Å². The highest BCUT2D eigenvalue weighted by molar-refractivity contribution is 6.16. The lowest BCUT2D eigenvalue weighted by molar-refractivity contribution is -0.123. The maximum absolute atomic E-state index is 13.2. The fourth-order valence-electron chi connectivity index (χ4n) is 4.65. The van der Waals surface area contributed by atoms with Gasteiger partial charge in [0.2, 0.25) is 5.91 Å². The number of anilines is 2. The van der Waals surface area contributed by atoms with Crippen molar-refractivity contribution in [1.82, 2.24) is 15.3 Å². The van der Waals surface area contributed by atoms with Gasteiger partial charge in [0.15, 0.2) is 0 Å². The Kier molecular flexibility index (Phi) is 6.23. The largest absolute Gasteiger partial charge is 0.349 e. The molecule has 0 aliphatic heterocycles. The number of aromatic amines is 1. The van der Waals surface area contributed by atoms with Gasteiger partial charge in [-0.05, 0) is 56.0 Å². The fourth-order valence-corrected chi connectivity index (χ4v) is 4.65. The smallest absolute Gasteiger partial charge is 0.275 e. The first-order valence-corrected chi connectivity index (χ1v) is 12.1. The number of H-pyrrole nitrogens is 1. The predicted molar refractivity (Wildman–Crippen MR) is 131 cm³/mol. The standard InChI is InChI=1S/C26H28FN5O3/c1-32(26(35)15-5-3-2-4-6-15)18-10-11-19-21(13-18)30-23(22(19)25(34)29-17-8-9-17)31-24(33)20-12-7-16(27)14-28-20/h7,10-15,17,30H,2-6,8-9H2,1H3,(H,29,34)(H,31,33). The van der Waals surface area contributed by atoms with Crippen molar-refractivity contribution in [2.75, 3.05) is 17.3 Å². The van der Waals surface area contributed by atoms with Crippen LogP contribution < -0.4 is 15.5 Å². The van der Waals surface area contributed by atoms with Crippen LogP contribution in [0.25, 0.3) is 10.9 Å². The van der Waals surface area contributed by atoms with Crippen LogP contribution in [0, 0.1) is 11.7 Å². The number of carbonyl (C=O) groups is 3. The van der Waals surface area contributed by atoms with Crippen molar-refractivity contribution >= 4 is 40.1 Å². The summed E-state index contributed by atoms with van der Waals surface area (Å²) < 4.78 is 13.2. The second kappa shape index (κ2) is 9.48. The van der Waals surface area contributed by atoms with E-state index in [1.807, 2.05) is 12.1 Å². The first-order valence-electron chi connectivity index (χ1n) is 12.1. The van der Waals surface area contributed by atoms with Crippen LogP contribution in [0.3, 0.4) is 0 Å². The summed E-state index contributed by atoms with van der Waals surface area (Å²) >= 11 is 0.